The molecule has 0 bridgehead atoms. The number of fused-ring (bicyclic) bond motifs is 1. The number of anilines is 1. The highest BCUT2D eigenvalue weighted by molar-refractivity contribution is 5.77. The summed E-state index contributed by atoms with van der Waals surface area (Å²) in [6.45, 7) is 4.21. The van der Waals surface area contributed by atoms with Crippen LogP contribution in [0.5, 0.6) is 0 Å². The Labute approximate surface area is 106 Å². The molecule has 0 fully saturated rings. The number of aryl methyl sites for hydroxylation is 1. The van der Waals surface area contributed by atoms with Gasteiger partial charge in [-0.3, -0.25) is 4.40 Å². The molecule has 0 saturated heterocycles. The minimum absolute atomic E-state index is 0.694. The lowest BCUT2D eigenvalue weighted by Crippen LogP contribution is -1.95. The Kier molecular flexibility index (Phi) is 2.33. The first kappa shape index (κ1) is 10.8. The molecule has 0 aliphatic carbocycles. The standard InChI is InChI=1S/C15H15N3/c1-10-6-5-7-12(11(10)2)14-15(16)18-9-4-3-8-13(18)17-14/h3-9H,16H2,1-2H3. The van der Waals surface area contributed by atoms with Gasteiger partial charge in [-0.15, -0.1) is 0 Å². The summed E-state index contributed by atoms with van der Waals surface area (Å²) >= 11 is 0. The van der Waals surface area contributed by atoms with E-state index in [2.05, 4.69) is 31.0 Å². The zero-order valence-electron chi connectivity index (χ0n) is 10.5. The average Bonchev–Trinajstić information content (AvgIpc) is 2.71. The first-order valence-electron chi connectivity index (χ1n) is 5.97. The highest BCUT2D eigenvalue weighted by Gasteiger charge is 2.13. The fraction of sp³-hybridized carbons (Fsp3) is 0.133. The SMILES string of the molecule is Cc1cccc(-c2nc3ccccn3c2N)c1C. The van der Waals surface area contributed by atoms with Gasteiger partial charge in [-0.2, -0.15) is 0 Å². The second-order valence-corrected chi connectivity index (χ2v) is 4.52. The van der Waals surface area contributed by atoms with Crippen molar-refractivity contribution in [2.45, 2.75) is 13.8 Å². The van der Waals surface area contributed by atoms with Crippen LogP contribution in [0.4, 0.5) is 5.82 Å². The van der Waals surface area contributed by atoms with Gasteiger partial charge in [-0.05, 0) is 37.1 Å². The maximum atomic E-state index is 6.19. The van der Waals surface area contributed by atoms with Gasteiger partial charge in [0.25, 0.3) is 0 Å². The molecular formula is C15H15N3. The van der Waals surface area contributed by atoms with Crippen molar-refractivity contribution in [2.75, 3.05) is 5.73 Å². The minimum atomic E-state index is 0.694. The van der Waals surface area contributed by atoms with E-state index in [0.29, 0.717) is 5.82 Å². The number of nitrogens with zero attached hydrogens (tertiary/aromatic N) is 2. The van der Waals surface area contributed by atoms with Crippen LogP contribution < -0.4 is 5.73 Å². The molecule has 2 aromatic heterocycles. The van der Waals surface area contributed by atoms with Crippen molar-refractivity contribution < 1.29 is 0 Å². The molecule has 0 amide bonds. The number of hydrogen-bond acceptors (Lipinski definition) is 2. The first-order chi connectivity index (χ1) is 8.68. The Balaban J connectivity index is 2.32. The molecule has 2 heterocycles. The summed E-state index contributed by atoms with van der Waals surface area (Å²) in [6.07, 6.45) is 1.94. The Morgan fingerprint density at radius 2 is 1.89 bits per heavy atom. The average molecular weight is 237 g/mol. The Morgan fingerprint density at radius 3 is 2.67 bits per heavy atom. The molecule has 0 unspecified atom stereocenters. The zero-order chi connectivity index (χ0) is 12.7. The van der Waals surface area contributed by atoms with Gasteiger partial charge in [0.05, 0.1) is 0 Å². The number of imidazole rings is 1. The molecule has 1 aromatic carbocycles. The number of pyridine rings is 1. The van der Waals surface area contributed by atoms with E-state index < -0.39 is 0 Å². The summed E-state index contributed by atoms with van der Waals surface area (Å²) in [7, 11) is 0. The lowest BCUT2D eigenvalue weighted by molar-refractivity contribution is 1.20. The van der Waals surface area contributed by atoms with Crippen molar-refractivity contribution >= 4 is 11.5 Å². The number of benzene rings is 1. The molecule has 3 aromatic rings. The molecule has 18 heavy (non-hydrogen) atoms. The second-order valence-electron chi connectivity index (χ2n) is 4.52. The molecule has 3 nitrogen and oxygen atoms in total. The van der Waals surface area contributed by atoms with Crippen molar-refractivity contribution in [2.24, 2.45) is 0 Å². The van der Waals surface area contributed by atoms with Crippen molar-refractivity contribution in [3.05, 3.63) is 53.7 Å². The summed E-state index contributed by atoms with van der Waals surface area (Å²) < 4.78 is 1.91. The van der Waals surface area contributed by atoms with Crippen LogP contribution in [0, 0.1) is 13.8 Å². The Morgan fingerprint density at radius 1 is 1.06 bits per heavy atom. The van der Waals surface area contributed by atoms with Gasteiger partial charge in [0, 0.05) is 11.8 Å². The molecule has 0 atom stereocenters. The van der Waals surface area contributed by atoms with E-state index in [1.165, 1.54) is 11.1 Å². The van der Waals surface area contributed by atoms with Gasteiger partial charge in [-0.1, -0.05) is 24.3 Å². The fourth-order valence-corrected chi connectivity index (χ4v) is 2.22. The Bertz CT molecular complexity index is 726. The molecule has 0 saturated carbocycles. The fourth-order valence-electron chi connectivity index (χ4n) is 2.22. The van der Waals surface area contributed by atoms with Crippen LogP contribution in [-0.2, 0) is 0 Å². The van der Waals surface area contributed by atoms with Gasteiger partial charge in [-0.25, -0.2) is 4.98 Å². The number of hydrogen-bond donors (Lipinski definition) is 1. The molecule has 3 heteroatoms. The molecule has 0 aliphatic rings. The first-order valence-corrected chi connectivity index (χ1v) is 5.97. The van der Waals surface area contributed by atoms with Crippen LogP contribution in [0.1, 0.15) is 11.1 Å². The van der Waals surface area contributed by atoms with Crippen molar-refractivity contribution in [1.29, 1.82) is 0 Å². The molecular weight excluding hydrogens is 222 g/mol. The van der Waals surface area contributed by atoms with Crippen molar-refractivity contribution in [3.8, 4) is 11.3 Å². The normalized spacial score (nSPS) is 11.0. The topological polar surface area (TPSA) is 43.3 Å². The number of nitrogen functional groups attached to an aromatic ring is 1. The van der Waals surface area contributed by atoms with E-state index in [1.807, 2.05) is 34.9 Å². The third kappa shape index (κ3) is 1.48. The monoisotopic (exact) mass is 237 g/mol. The van der Waals surface area contributed by atoms with E-state index >= 15 is 0 Å². The van der Waals surface area contributed by atoms with Crippen LogP contribution in [0.2, 0.25) is 0 Å². The third-order valence-electron chi connectivity index (χ3n) is 3.43. The van der Waals surface area contributed by atoms with Crippen molar-refractivity contribution in [3.63, 3.8) is 0 Å². The smallest absolute Gasteiger partial charge is 0.139 e. The minimum Gasteiger partial charge on any atom is -0.383 e. The maximum absolute atomic E-state index is 6.19. The predicted octanol–water partition coefficient (Wildman–Crippen LogP) is 3.20. The van der Waals surface area contributed by atoms with Gasteiger partial charge >= 0.3 is 0 Å². The molecule has 0 spiro atoms. The van der Waals surface area contributed by atoms with Crippen LogP contribution in [-0.4, -0.2) is 9.38 Å². The van der Waals surface area contributed by atoms with E-state index in [1.54, 1.807) is 0 Å². The van der Waals surface area contributed by atoms with Crippen LogP contribution in [0.15, 0.2) is 42.6 Å². The number of aromatic nitrogens is 2. The number of rotatable bonds is 1. The summed E-state index contributed by atoms with van der Waals surface area (Å²) in [5.41, 5.74) is 11.5. The van der Waals surface area contributed by atoms with E-state index in [9.17, 15) is 0 Å². The zero-order valence-corrected chi connectivity index (χ0v) is 10.5. The van der Waals surface area contributed by atoms with E-state index in [4.69, 9.17) is 5.73 Å². The quantitative estimate of drug-likeness (QED) is 0.706. The lowest BCUT2D eigenvalue weighted by atomic mass is 10.0. The third-order valence-corrected chi connectivity index (χ3v) is 3.43. The summed E-state index contributed by atoms with van der Waals surface area (Å²) in [5.74, 6) is 0.694. The molecule has 2 N–H and O–H groups in total. The molecule has 3 rings (SSSR count). The highest BCUT2D eigenvalue weighted by atomic mass is 15.1. The maximum Gasteiger partial charge on any atom is 0.139 e. The Hall–Kier alpha value is -2.29. The molecule has 0 aliphatic heterocycles. The van der Waals surface area contributed by atoms with Crippen LogP contribution in [0.3, 0.4) is 0 Å². The molecule has 0 radical (unpaired) electrons. The lowest BCUT2D eigenvalue weighted by Gasteiger charge is -2.06. The van der Waals surface area contributed by atoms with Crippen LogP contribution >= 0.6 is 0 Å². The van der Waals surface area contributed by atoms with Gasteiger partial charge in [0.1, 0.15) is 17.2 Å². The molecule has 90 valence electrons. The second kappa shape index (κ2) is 3.88. The highest BCUT2D eigenvalue weighted by Crippen LogP contribution is 2.30. The summed E-state index contributed by atoms with van der Waals surface area (Å²) in [4.78, 5) is 4.62. The predicted molar refractivity (Wildman–Crippen MR) is 74.5 cm³/mol. The largest absolute Gasteiger partial charge is 0.383 e. The number of nitrogens with two attached hydrogens (primary N) is 1. The van der Waals surface area contributed by atoms with Gasteiger partial charge in [0.2, 0.25) is 0 Å². The van der Waals surface area contributed by atoms with Gasteiger partial charge in [0.15, 0.2) is 0 Å². The van der Waals surface area contributed by atoms with Crippen molar-refractivity contribution in [1.82, 2.24) is 9.38 Å². The van der Waals surface area contributed by atoms with E-state index in [0.717, 1.165) is 16.9 Å². The summed E-state index contributed by atoms with van der Waals surface area (Å²) in [5, 5.41) is 0. The van der Waals surface area contributed by atoms with Gasteiger partial charge < -0.3 is 5.73 Å². The van der Waals surface area contributed by atoms with Crippen LogP contribution in [0.25, 0.3) is 16.9 Å². The van der Waals surface area contributed by atoms with E-state index in [-0.39, 0.29) is 0 Å². The summed E-state index contributed by atoms with van der Waals surface area (Å²) in [6, 6.07) is 12.1.